The third-order valence-corrected chi connectivity index (χ3v) is 3.99. The minimum Gasteiger partial charge on any atom is -0.482 e. The summed E-state index contributed by atoms with van der Waals surface area (Å²) >= 11 is 6.01. The Morgan fingerprint density at radius 1 is 1.32 bits per heavy atom. The predicted molar refractivity (Wildman–Crippen MR) is 90.8 cm³/mol. The van der Waals surface area contributed by atoms with E-state index in [0.717, 1.165) is 5.56 Å². The summed E-state index contributed by atoms with van der Waals surface area (Å²) in [4.78, 5) is 12.1. The van der Waals surface area contributed by atoms with E-state index >= 15 is 0 Å². The zero-order valence-corrected chi connectivity index (χ0v) is 14.2. The average molecular weight is 359 g/mol. The van der Waals surface area contributed by atoms with Crippen molar-refractivity contribution in [3.63, 3.8) is 0 Å². The Hall–Kier alpha value is -2.91. The Morgan fingerprint density at radius 3 is 2.88 bits per heavy atom. The summed E-state index contributed by atoms with van der Waals surface area (Å²) in [5.41, 5.74) is 1.33. The maximum absolute atomic E-state index is 12.1. The Balaban J connectivity index is 1.56. The van der Waals surface area contributed by atoms with Gasteiger partial charge in [-0.05, 0) is 42.8 Å². The first-order chi connectivity index (χ1) is 12.1. The summed E-state index contributed by atoms with van der Waals surface area (Å²) < 4.78 is 16.0. The Bertz CT molecular complexity index is 847. The molecule has 0 fully saturated rings. The van der Waals surface area contributed by atoms with Crippen molar-refractivity contribution >= 4 is 17.5 Å². The molecule has 3 rings (SSSR count). The van der Waals surface area contributed by atoms with Crippen molar-refractivity contribution in [1.82, 2.24) is 5.32 Å². The standard InChI is InChI=1S/C18H15ClN2O4/c1-11(13-3-5-16-17(7-13)25-10-24-16)21-18(22)9-23-15-4-2-12(8-20)6-14(15)19/h2-7,11H,9-10H2,1H3,(H,21,22)/t11-/m1/s1. The van der Waals surface area contributed by atoms with Crippen molar-refractivity contribution in [3.05, 3.63) is 52.5 Å². The lowest BCUT2D eigenvalue weighted by Gasteiger charge is -2.15. The Labute approximate surface area is 149 Å². The van der Waals surface area contributed by atoms with E-state index in [-0.39, 0.29) is 30.4 Å². The molecule has 0 saturated heterocycles. The molecule has 128 valence electrons. The van der Waals surface area contributed by atoms with Gasteiger partial charge in [-0.2, -0.15) is 5.26 Å². The molecule has 1 aliphatic heterocycles. The van der Waals surface area contributed by atoms with Crippen LogP contribution in [0.25, 0.3) is 0 Å². The fourth-order valence-corrected chi connectivity index (χ4v) is 2.61. The van der Waals surface area contributed by atoms with Gasteiger partial charge in [0.2, 0.25) is 6.79 Å². The van der Waals surface area contributed by atoms with Gasteiger partial charge in [-0.1, -0.05) is 17.7 Å². The Kier molecular flexibility index (Phi) is 4.96. The number of nitrogens with one attached hydrogen (secondary N) is 1. The molecule has 0 aliphatic carbocycles. The van der Waals surface area contributed by atoms with E-state index in [1.165, 1.54) is 6.07 Å². The van der Waals surface area contributed by atoms with Crippen LogP contribution < -0.4 is 19.5 Å². The van der Waals surface area contributed by atoms with Crippen LogP contribution in [0.5, 0.6) is 17.2 Å². The number of carbonyl (C=O) groups is 1. The van der Waals surface area contributed by atoms with Gasteiger partial charge in [-0.25, -0.2) is 0 Å². The maximum Gasteiger partial charge on any atom is 0.258 e. The molecule has 25 heavy (non-hydrogen) atoms. The fourth-order valence-electron chi connectivity index (χ4n) is 2.38. The van der Waals surface area contributed by atoms with Gasteiger partial charge in [0.25, 0.3) is 5.91 Å². The average Bonchev–Trinajstić information content (AvgIpc) is 3.08. The molecule has 1 atom stereocenters. The smallest absolute Gasteiger partial charge is 0.258 e. The highest BCUT2D eigenvalue weighted by Crippen LogP contribution is 2.34. The first-order valence-electron chi connectivity index (χ1n) is 7.58. The van der Waals surface area contributed by atoms with Crippen molar-refractivity contribution in [2.75, 3.05) is 13.4 Å². The van der Waals surface area contributed by atoms with Crippen LogP contribution in [0.15, 0.2) is 36.4 Å². The van der Waals surface area contributed by atoms with Gasteiger partial charge in [-0.3, -0.25) is 4.79 Å². The van der Waals surface area contributed by atoms with Crippen LogP contribution >= 0.6 is 11.6 Å². The molecule has 0 aromatic heterocycles. The number of nitrogens with zero attached hydrogens (tertiary/aromatic N) is 1. The maximum atomic E-state index is 12.1. The van der Waals surface area contributed by atoms with Crippen LogP contribution in [0.2, 0.25) is 5.02 Å². The minimum absolute atomic E-state index is 0.180. The third kappa shape index (κ3) is 3.95. The number of nitriles is 1. The van der Waals surface area contributed by atoms with Crippen LogP contribution in [0.1, 0.15) is 24.1 Å². The lowest BCUT2D eigenvalue weighted by Crippen LogP contribution is -2.31. The molecular weight excluding hydrogens is 344 g/mol. The third-order valence-electron chi connectivity index (χ3n) is 3.69. The number of benzene rings is 2. The van der Waals surface area contributed by atoms with E-state index in [4.69, 9.17) is 31.1 Å². The lowest BCUT2D eigenvalue weighted by atomic mass is 10.1. The second-order valence-corrected chi connectivity index (χ2v) is 5.85. The van der Waals surface area contributed by atoms with Gasteiger partial charge < -0.3 is 19.5 Å². The number of fused-ring (bicyclic) bond motifs is 1. The predicted octanol–water partition coefficient (Wildman–Crippen LogP) is 3.20. The van der Waals surface area contributed by atoms with E-state index in [1.54, 1.807) is 12.1 Å². The molecule has 0 unspecified atom stereocenters. The SMILES string of the molecule is C[C@@H](NC(=O)COc1ccc(C#N)cc1Cl)c1ccc2c(c1)OCO2. The van der Waals surface area contributed by atoms with E-state index < -0.39 is 0 Å². The van der Waals surface area contributed by atoms with Gasteiger partial charge in [0.15, 0.2) is 18.1 Å². The molecular formula is C18H15ClN2O4. The summed E-state index contributed by atoms with van der Waals surface area (Å²) in [6.45, 7) is 1.89. The van der Waals surface area contributed by atoms with Crippen LogP contribution in [0.4, 0.5) is 0 Å². The second kappa shape index (κ2) is 7.32. The first kappa shape index (κ1) is 16.9. The second-order valence-electron chi connectivity index (χ2n) is 5.45. The molecule has 1 aliphatic rings. The molecule has 2 aromatic carbocycles. The molecule has 1 N–H and O–H groups in total. The number of halogens is 1. The summed E-state index contributed by atoms with van der Waals surface area (Å²) in [5.74, 6) is 1.43. The van der Waals surface area contributed by atoms with Crippen molar-refractivity contribution in [3.8, 4) is 23.3 Å². The number of amides is 1. The summed E-state index contributed by atoms with van der Waals surface area (Å²) in [6, 6.07) is 11.9. The fraction of sp³-hybridized carbons (Fsp3) is 0.222. The molecule has 1 heterocycles. The Morgan fingerprint density at radius 2 is 2.12 bits per heavy atom. The van der Waals surface area contributed by atoms with Crippen LogP contribution in [-0.4, -0.2) is 19.3 Å². The normalized spacial score (nSPS) is 13.0. The summed E-state index contributed by atoms with van der Waals surface area (Å²) in [6.07, 6.45) is 0. The van der Waals surface area contributed by atoms with Gasteiger partial charge >= 0.3 is 0 Å². The van der Waals surface area contributed by atoms with Crippen molar-refractivity contribution in [2.24, 2.45) is 0 Å². The van der Waals surface area contributed by atoms with Crippen molar-refractivity contribution in [2.45, 2.75) is 13.0 Å². The molecule has 1 amide bonds. The van der Waals surface area contributed by atoms with Crippen LogP contribution in [-0.2, 0) is 4.79 Å². The zero-order valence-electron chi connectivity index (χ0n) is 13.4. The number of carbonyl (C=O) groups excluding carboxylic acids is 1. The summed E-state index contributed by atoms with van der Waals surface area (Å²) in [5, 5.41) is 11.9. The number of ether oxygens (including phenoxy) is 3. The summed E-state index contributed by atoms with van der Waals surface area (Å²) in [7, 11) is 0. The molecule has 0 spiro atoms. The van der Waals surface area contributed by atoms with Gasteiger partial charge in [0.1, 0.15) is 5.75 Å². The quantitative estimate of drug-likeness (QED) is 0.887. The molecule has 0 bridgehead atoms. The highest BCUT2D eigenvalue weighted by molar-refractivity contribution is 6.32. The highest BCUT2D eigenvalue weighted by atomic mass is 35.5. The molecule has 7 heteroatoms. The highest BCUT2D eigenvalue weighted by Gasteiger charge is 2.17. The topological polar surface area (TPSA) is 80.6 Å². The van der Waals surface area contributed by atoms with Crippen molar-refractivity contribution < 1.29 is 19.0 Å². The van der Waals surface area contributed by atoms with Gasteiger partial charge in [0, 0.05) is 0 Å². The van der Waals surface area contributed by atoms with Crippen LogP contribution in [0, 0.1) is 11.3 Å². The molecule has 0 radical (unpaired) electrons. The van der Waals surface area contributed by atoms with Gasteiger partial charge in [0.05, 0.1) is 22.7 Å². The van der Waals surface area contributed by atoms with Gasteiger partial charge in [-0.15, -0.1) is 0 Å². The minimum atomic E-state index is -0.286. The van der Waals surface area contributed by atoms with E-state index in [1.807, 2.05) is 31.2 Å². The molecule has 2 aromatic rings. The molecule has 0 saturated carbocycles. The molecule has 6 nitrogen and oxygen atoms in total. The number of rotatable bonds is 5. The number of hydrogen-bond donors (Lipinski definition) is 1. The monoisotopic (exact) mass is 358 g/mol. The van der Waals surface area contributed by atoms with Crippen molar-refractivity contribution in [1.29, 1.82) is 5.26 Å². The van der Waals surface area contributed by atoms with Crippen LogP contribution in [0.3, 0.4) is 0 Å². The van der Waals surface area contributed by atoms with E-state index in [9.17, 15) is 4.79 Å². The van der Waals surface area contributed by atoms with E-state index in [0.29, 0.717) is 22.8 Å². The number of hydrogen-bond acceptors (Lipinski definition) is 5. The first-order valence-corrected chi connectivity index (χ1v) is 7.96. The largest absolute Gasteiger partial charge is 0.482 e. The lowest BCUT2D eigenvalue weighted by molar-refractivity contribution is -0.123. The zero-order chi connectivity index (χ0) is 17.8. The van der Waals surface area contributed by atoms with E-state index in [2.05, 4.69) is 5.32 Å².